The minimum Gasteiger partial charge on any atom is -0.466 e. The Morgan fingerprint density at radius 3 is 2.08 bits per heavy atom. The standard InChI is InChI=1S/C20H36O6/c1-5-10-18(21)25-15-17(26-19(22)11-6-2)14-20(23)24-13-9-7-8-12-16(3)4/h16-17H,5-15H2,1-4H3. The van der Waals surface area contributed by atoms with Crippen molar-refractivity contribution in [1.82, 2.24) is 0 Å². The first-order valence-corrected chi connectivity index (χ1v) is 9.89. The molecule has 6 nitrogen and oxygen atoms in total. The van der Waals surface area contributed by atoms with Gasteiger partial charge in [0.1, 0.15) is 12.7 Å². The highest BCUT2D eigenvalue weighted by molar-refractivity contribution is 5.73. The van der Waals surface area contributed by atoms with Crippen molar-refractivity contribution in [3.63, 3.8) is 0 Å². The molecule has 1 unspecified atom stereocenters. The van der Waals surface area contributed by atoms with Crippen molar-refractivity contribution in [2.24, 2.45) is 5.92 Å². The van der Waals surface area contributed by atoms with Gasteiger partial charge in [-0.15, -0.1) is 0 Å². The van der Waals surface area contributed by atoms with Gasteiger partial charge in [-0.2, -0.15) is 0 Å². The number of carbonyl (C=O) groups is 3. The fourth-order valence-electron chi connectivity index (χ4n) is 2.31. The van der Waals surface area contributed by atoms with Gasteiger partial charge in [0.05, 0.1) is 13.0 Å². The van der Waals surface area contributed by atoms with Crippen molar-refractivity contribution in [2.45, 2.75) is 91.6 Å². The van der Waals surface area contributed by atoms with Crippen LogP contribution < -0.4 is 0 Å². The number of ether oxygens (including phenoxy) is 3. The maximum Gasteiger partial charge on any atom is 0.309 e. The molecule has 152 valence electrons. The molecule has 0 aliphatic carbocycles. The summed E-state index contributed by atoms with van der Waals surface area (Å²) in [5.41, 5.74) is 0. The monoisotopic (exact) mass is 372 g/mol. The van der Waals surface area contributed by atoms with Gasteiger partial charge in [0.2, 0.25) is 0 Å². The Bertz CT molecular complexity index is 405. The van der Waals surface area contributed by atoms with E-state index in [0.29, 0.717) is 31.8 Å². The second-order valence-corrected chi connectivity index (χ2v) is 6.96. The SMILES string of the molecule is CCCC(=O)OCC(CC(=O)OCCCCCC(C)C)OC(=O)CCC. The van der Waals surface area contributed by atoms with Gasteiger partial charge in [0.15, 0.2) is 0 Å². The molecule has 0 aromatic carbocycles. The quantitative estimate of drug-likeness (QED) is 0.244. The highest BCUT2D eigenvalue weighted by atomic mass is 16.6. The van der Waals surface area contributed by atoms with Crippen LogP contribution in [0, 0.1) is 5.92 Å². The Kier molecular flexibility index (Phi) is 14.7. The van der Waals surface area contributed by atoms with Crippen molar-refractivity contribution >= 4 is 17.9 Å². The molecule has 0 fully saturated rings. The topological polar surface area (TPSA) is 78.9 Å². The highest BCUT2D eigenvalue weighted by Gasteiger charge is 2.21. The molecule has 0 saturated heterocycles. The molecule has 0 bridgehead atoms. The highest BCUT2D eigenvalue weighted by Crippen LogP contribution is 2.09. The second-order valence-electron chi connectivity index (χ2n) is 6.96. The third-order valence-corrected chi connectivity index (χ3v) is 3.72. The normalized spacial score (nSPS) is 11.9. The minimum atomic E-state index is -0.789. The van der Waals surface area contributed by atoms with E-state index in [2.05, 4.69) is 13.8 Å². The summed E-state index contributed by atoms with van der Waals surface area (Å²) < 4.78 is 15.5. The molecule has 0 N–H and O–H groups in total. The first kappa shape index (κ1) is 24.4. The maximum absolute atomic E-state index is 12.0. The maximum atomic E-state index is 12.0. The summed E-state index contributed by atoms with van der Waals surface area (Å²) in [5, 5.41) is 0. The van der Waals surface area contributed by atoms with Crippen molar-refractivity contribution in [2.75, 3.05) is 13.2 Å². The molecule has 0 aliphatic heterocycles. The summed E-state index contributed by atoms with van der Waals surface area (Å²) in [6.07, 6.45) is 5.16. The Balaban J connectivity index is 4.21. The van der Waals surface area contributed by atoms with Crippen LogP contribution in [0.1, 0.15) is 85.5 Å². The van der Waals surface area contributed by atoms with Gasteiger partial charge in [0.25, 0.3) is 0 Å². The lowest BCUT2D eigenvalue weighted by molar-refractivity contribution is -0.164. The zero-order valence-electron chi connectivity index (χ0n) is 16.9. The number of hydrogen-bond donors (Lipinski definition) is 0. The summed E-state index contributed by atoms with van der Waals surface area (Å²) in [4.78, 5) is 35.1. The van der Waals surface area contributed by atoms with Gasteiger partial charge in [-0.25, -0.2) is 0 Å². The van der Waals surface area contributed by atoms with Gasteiger partial charge in [-0.05, 0) is 25.2 Å². The van der Waals surface area contributed by atoms with E-state index >= 15 is 0 Å². The predicted molar refractivity (Wildman–Crippen MR) is 99.5 cm³/mol. The van der Waals surface area contributed by atoms with E-state index in [1.165, 1.54) is 6.42 Å². The van der Waals surface area contributed by atoms with E-state index in [0.717, 1.165) is 19.3 Å². The van der Waals surface area contributed by atoms with Crippen LogP contribution in [0.2, 0.25) is 0 Å². The molecule has 0 aromatic heterocycles. The van der Waals surface area contributed by atoms with Gasteiger partial charge in [-0.3, -0.25) is 14.4 Å². The van der Waals surface area contributed by atoms with Gasteiger partial charge >= 0.3 is 17.9 Å². The molecule has 0 radical (unpaired) electrons. The average Bonchev–Trinajstić information content (AvgIpc) is 2.56. The van der Waals surface area contributed by atoms with Crippen molar-refractivity contribution < 1.29 is 28.6 Å². The summed E-state index contributed by atoms with van der Waals surface area (Å²) in [7, 11) is 0. The van der Waals surface area contributed by atoms with Crippen LogP contribution in [0.5, 0.6) is 0 Å². The lowest BCUT2D eigenvalue weighted by atomic mass is 10.1. The number of hydrogen-bond acceptors (Lipinski definition) is 6. The fourth-order valence-corrected chi connectivity index (χ4v) is 2.31. The summed E-state index contributed by atoms with van der Waals surface area (Å²) >= 11 is 0. The molecule has 0 aromatic rings. The van der Waals surface area contributed by atoms with E-state index in [4.69, 9.17) is 14.2 Å². The number of rotatable bonds is 15. The molecule has 0 saturated carbocycles. The van der Waals surface area contributed by atoms with Crippen LogP contribution in [-0.2, 0) is 28.6 Å². The number of unbranched alkanes of at least 4 members (excludes halogenated alkanes) is 2. The predicted octanol–water partition coefficient (Wildman–Crippen LogP) is 4.19. The molecule has 1 atom stereocenters. The molecule has 0 heterocycles. The van der Waals surface area contributed by atoms with E-state index < -0.39 is 18.0 Å². The van der Waals surface area contributed by atoms with Gasteiger partial charge < -0.3 is 14.2 Å². The van der Waals surface area contributed by atoms with Crippen LogP contribution in [0.3, 0.4) is 0 Å². The van der Waals surface area contributed by atoms with E-state index in [1.807, 2.05) is 13.8 Å². The van der Waals surface area contributed by atoms with Crippen molar-refractivity contribution in [3.05, 3.63) is 0 Å². The average molecular weight is 373 g/mol. The zero-order chi connectivity index (χ0) is 19.8. The van der Waals surface area contributed by atoms with Crippen LogP contribution in [0.15, 0.2) is 0 Å². The van der Waals surface area contributed by atoms with E-state index in [1.54, 1.807) is 0 Å². The Hall–Kier alpha value is -1.59. The van der Waals surface area contributed by atoms with Crippen LogP contribution in [-0.4, -0.2) is 37.2 Å². The molecule has 0 aliphatic rings. The Labute approximate surface area is 157 Å². The lowest BCUT2D eigenvalue weighted by Crippen LogP contribution is -2.28. The molecule has 0 amide bonds. The van der Waals surface area contributed by atoms with Crippen LogP contribution in [0.4, 0.5) is 0 Å². The van der Waals surface area contributed by atoms with Gasteiger partial charge in [-0.1, -0.05) is 47.0 Å². The molecular formula is C20H36O6. The largest absolute Gasteiger partial charge is 0.466 e. The second kappa shape index (κ2) is 15.6. The van der Waals surface area contributed by atoms with Crippen molar-refractivity contribution in [1.29, 1.82) is 0 Å². The zero-order valence-corrected chi connectivity index (χ0v) is 16.9. The summed E-state index contributed by atoms with van der Waals surface area (Å²) in [6, 6.07) is 0. The van der Waals surface area contributed by atoms with E-state index in [-0.39, 0.29) is 25.4 Å². The molecule has 6 heteroatoms. The minimum absolute atomic E-state index is 0.0964. The first-order chi connectivity index (χ1) is 12.4. The third kappa shape index (κ3) is 14.7. The van der Waals surface area contributed by atoms with Gasteiger partial charge in [0, 0.05) is 12.8 Å². The summed E-state index contributed by atoms with van der Waals surface area (Å²) in [6.45, 7) is 8.37. The van der Waals surface area contributed by atoms with Crippen LogP contribution >= 0.6 is 0 Å². The number of esters is 3. The lowest BCUT2D eigenvalue weighted by Gasteiger charge is -2.17. The summed E-state index contributed by atoms with van der Waals surface area (Å²) in [5.74, 6) is -0.505. The number of carbonyl (C=O) groups excluding carboxylic acids is 3. The molecule has 26 heavy (non-hydrogen) atoms. The third-order valence-electron chi connectivity index (χ3n) is 3.72. The van der Waals surface area contributed by atoms with E-state index in [9.17, 15) is 14.4 Å². The Morgan fingerprint density at radius 1 is 0.808 bits per heavy atom. The fraction of sp³-hybridized carbons (Fsp3) is 0.850. The Morgan fingerprint density at radius 2 is 1.46 bits per heavy atom. The van der Waals surface area contributed by atoms with Crippen LogP contribution in [0.25, 0.3) is 0 Å². The first-order valence-electron chi connectivity index (χ1n) is 9.89. The van der Waals surface area contributed by atoms with Crippen molar-refractivity contribution in [3.8, 4) is 0 Å². The molecule has 0 rings (SSSR count). The molecule has 0 spiro atoms. The smallest absolute Gasteiger partial charge is 0.309 e. The molecular weight excluding hydrogens is 336 g/mol.